The van der Waals surface area contributed by atoms with Crippen LogP contribution >= 0.6 is 0 Å². The third-order valence-electron chi connectivity index (χ3n) is 3.94. The molecule has 0 unspecified atom stereocenters. The van der Waals surface area contributed by atoms with E-state index in [0.29, 0.717) is 23.6 Å². The SMILES string of the molecule is CC1(C)CCC(NCc2ccc(F)cc2F)CC1. The molecule has 1 aromatic carbocycles. The van der Waals surface area contributed by atoms with Crippen LogP contribution in [0.3, 0.4) is 0 Å². The van der Waals surface area contributed by atoms with E-state index in [4.69, 9.17) is 0 Å². The third-order valence-corrected chi connectivity index (χ3v) is 3.94. The van der Waals surface area contributed by atoms with E-state index in [0.717, 1.165) is 18.9 Å². The molecule has 0 bridgehead atoms. The summed E-state index contributed by atoms with van der Waals surface area (Å²) in [4.78, 5) is 0. The Morgan fingerprint density at radius 2 is 1.89 bits per heavy atom. The molecule has 18 heavy (non-hydrogen) atoms. The molecule has 1 aromatic rings. The summed E-state index contributed by atoms with van der Waals surface area (Å²) in [5, 5.41) is 3.37. The van der Waals surface area contributed by atoms with Crippen molar-refractivity contribution < 1.29 is 8.78 Å². The molecule has 100 valence electrons. The molecule has 0 aromatic heterocycles. The van der Waals surface area contributed by atoms with E-state index in [9.17, 15) is 8.78 Å². The Morgan fingerprint density at radius 1 is 1.22 bits per heavy atom. The second-order valence-corrected chi connectivity index (χ2v) is 6.06. The molecule has 1 fully saturated rings. The average Bonchev–Trinajstić information content (AvgIpc) is 2.29. The van der Waals surface area contributed by atoms with Gasteiger partial charge in [0.1, 0.15) is 11.6 Å². The molecule has 1 aliphatic rings. The van der Waals surface area contributed by atoms with Crippen molar-refractivity contribution in [1.29, 1.82) is 0 Å². The Morgan fingerprint density at radius 3 is 2.50 bits per heavy atom. The highest BCUT2D eigenvalue weighted by molar-refractivity contribution is 5.18. The Balaban J connectivity index is 1.85. The van der Waals surface area contributed by atoms with E-state index in [1.807, 2.05) is 0 Å². The Bertz CT molecular complexity index is 405. The van der Waals surface area contributed by atoms with Crippen molar-refractivity contribution >= 4 is 0 Å². The van der Waals surface area contributed by atoms with Crippen molar-refractivity contribution in [1.82, 2.24) is 5.32 Å². The molecule has 2 rings (SSSR count). The van der Waals surface area contributed by atoms with Gasteiger partial charge in [0.25, 0.3) is 0 Å². The summed E-state index contributed by atoms with van der Waals surface area (Å²) in [6.07, 6.45) is 4.68. The molecule has 0 atom stereocenters. The molecule has 0 amide bonds. The van der Waals surface area contributed by atoms with Crippen LogP contribution in [-0.2, 0) is 6.54 Å². The lowest BCUT2D eigenvalue weighted by Crippen LogP contribution is -2.35. The molecule has 1 saturated carbocycles. The van der Waals surface area contributed by atoms with Gasteiger partial charge >= 0.3 is 0 Å². The van der Waals surface area contributed by atoms with E-state index in [2.05, 4.69) is 19.2 Å². The highest BCUT2D eigenvalue weighted by Gasteiger charge is 2.26. The van der Waals surface area contributed by atoms with Crippen molar-refractivity contribution in [3.05, 3.63) is 35.4 Å². The van der Waals surface area contributed by atoms with E-state index in [1.54, 1.807) is 0 Å². The van der Waals surface area contributed by atoms with Crippen molar-refractivity contribution in [3.8, 4) is 0 Å². The molecule has 3 heteroatoms. The van der Waals surface area contributed by atoms with Gasteiger partial charge in [-0.15, -0.1) is 0 Å². The van der Waals surface area contributed by atoms with Gasteiger partial charge in [-0.1, -0.05) is 19.9 Å². The molecular formula is C15H21F2N. The number of nitrogens with one attached hydrogen (secondary N) is 1. The van der Waals surface area contributed by atoms with Crippen LogP contribution in [0.4, 0.5) is 8.78 Å². The summed E-state index contributed by atoms with van der Waals surface area (Å²) in [5.41, 5.74) is 0.987. The Hall–Kier alpha value is -0.960. The summed E-state index contributed by atoms with van der Waals surface area (Å²) in [5.74, 6) is -0.977. The van der Waals surface area contributed by atoms with Crippen LogP contribution in [0.15, 0.2) is 18.2 Å². The predicted octanol–water partition coefficient (Wildman–Crippen LogP) is 4.02. The van der Waals surface area contributed by atoms with Crippen molar-refractivity contribution in [2.75, 3.05) is 0 Å². The molecule has 1 aliphatic carbocycles. The van der Waals surface area contributed by atoms with Gasteiger partial charge in [0.05, 0.1) is 0 Å². The smallest absolute Gasteiger partial charge is 0.130 e. The fraction of sp³-hybridized carbons (Fsp3) is 0.600. The van der Waals surface area contributed by atoms with Gasteiger partial charge in [-0.05, 0) is 37.2 Å². The topological polar surface area (TPSA) is 12.0 Å². The minimum absolute atomic E-state index is 0.444. The maximum Gasteiger partial charge on any atom is 0.130 e. The Labute approximate surface area is 108 Å². The predicted molar refractivity (Wildman–Crippen MR) is 69.2 cm³/mol. The minimum atomic E-state index is -0.518. The van der Waals surface area contributed by atoms with Crippen LogP contribution in [0.1, 0.15) is 45.1 Å². The number of halogens is 2. The van der Waals surface area contributed by atoms with Gasteiger partial charge in [0, 0.05) is 24.2 Å². The van der Waals surface area contributed by atoms with Crippen molar-refractivity contribution in [2.24, 2.45) is 5.41 Å². The number of hydrogen-bond donors (Lipinski definition) is 1. The second-order valence-electron chi connectivity index (χ2n) is 6.06. The van der Waals surface area contributed by atoms with Gasteiger partial charge in [0.15, 0.2) is 0 Å². The average molecular weight is 253 g/mol. The molecule has 0 saturated heterocycles. The monoisotopic (exact) mass is 253 g/mol. The number of rotatable bonds is 3. The molecule has 1 N–H and O–H groups in total. The maximum atomic E-state index is 13.4. The standard InChI is InChI=1S/C15H21F2N/c1-15(2)7-5-13(6-8-15)18-10-11-3-4-12(16)9-14(11)17/h3-4,9,13,18H,5-8,10H2,1-2H3. The van der Waals surface area contributed by atoms with Crippen LogP contribution in [0.2, 0.25) is 0 Å². The highest BCUT2D eigenvalue weighted by Crippen LogP contribution is 2.35. The maximum absolute atomic E-state index is 13.4. The van der Waals surface area contributed by atoms with Gasteiger partial charge in [-0.25, -0.2) is 8.78 Å². The van der Waals surface area contributed by atoms with Crippen LogP contribution < -0.4 is 5.32 Å². The zero-order valence-corrected chi connectivity index (χ0v) is 11.1. The summed E-state index contributed by atoms with van der Waals surface area (Å²) >= 11 is 0. The quantitative estimate of drug-likeness (QED) is 0.857. The largest absolute Gasteiger partial charge is 0.310 e. The number of benzene rings is 1. The first-order chi connectivity index (χ1) is 8.46. The first kappa shape index (κ1) is 13.5. The minimum Gasteiger partial charge on any atom is -0.310 e. The van der Waals surface area contributed by atoms with Crippen LogP contribution in [0.5, 0.6) is 0 Å². The molecule has 1 nitrogen and oxygen atoms in total. The fourth-order valence-electron chi connectivity index (χ4n) is 2.52. The third kappa shape index (κ3) is 3.52. The van der Waals surface area contributed by atoms with Crippen LogP contribution in [-0.4, -0.2) is 6.04 Å². The lowest BCUT2D eigenvalue weighted by atomic mass is 9.75. The van der Waals surface area contributed by atoms with Gasteiger partial charge in [0.2, 0.25) is 0 Å². The molecule has 0 aliphatic heterocycles. The zero-order chi connectivity index (χ0) is 13.2. The normalized spacial score (nSPS) is 20.0. The van der Waals surface area contributed by atoms with Crippen molar-refractivity contribution in [2.45, 2.75) is 52.1 Å². The molecule has 0 radical (unpaired) electrons. The highest BCUT2D eigenvalue weighted by atomic mass is 19.1. The van der Waals surface area contributed by atoms with E-state index < -0.39 is 11.6 Å². The lowest BCUT2D eigenvalue weighted by molar-refractivity contribution is 0.205. The summed E-state index contributed by atoms with van der Waals surface area (Å²) < 4.78 is 26.2. The van der Waals surface area contributed by atoms with Gasteiger partial charge in [-0.3, -0.25) is 0 Å². The van der Waals surface area contributed by atoms with Crippen LogP contribution in [0.25, 0.3) is 0 Å². The fourth-order valence-corrected chi connectivity index (χ4v) is 2.52. The summed E-state index contributed by atoms with van der Waals surface area (Å²) in [6.45, 7) is 5.07. The van der Waals surface area contributed by atoms with Crippen molar-refractivity contribution in [3.63, 3.8) is 0 Å². The lowest BCUT2D eigenvalue weighted by Gasteiger charge is -2.34. The summed E-state index contributed by atoms with van der Waals surface area (Å²) in [6, 6.07) is 4.23. The second kappa shape index (κ2) is 5.35. The van der Waals surface area contributed by atoms with Gasteiger partial charge in [-0.2, -0.15) is 0 Å². The number of hydrogen-bond acceptors (Lipinski definition) is 1. The van der Waals surface area contributed by atoms with E-state index in [-0.39, 0.29) is 0 Å². The first-order valence-corrected chi connectivity index (χ1v) is 6.64. The van der Waals surface area contributed by atoms with E-state index in [1.165, 1.54) is 25.0 Å². The van der Waals surface area contributed by atoms with Gasteiger partial charge < -0.3 is 5.32 Å². The molecular weight excluding hydrogens is 232 g/mol. The first-order valence-electron chi connectivity index (χ1n) is 6.64. The van der Waals surface area contributed by atoms with E-state index >= 15 is 0 Å². The summed E-state index contributed by atoms with van der Waals surface area (Å²) in [7, 11) is 0. The Kier molecular flexibility index (Phi) is 4.00. The molecule has 0 heterocycles. The van der Waals surface area contributed by atoms with Crippen LogP contribution in [0, 0.1) is 17.0 Å². The molecule has 0 spiro atoms. The zero-order valence-electron chi connectivity index (χ0n) is 11.1.